The number of aryl methyl sites for hydroxylation is 1. The summed E-state index contributed by atoms with van der Waals surface area (Å²) in [6.07, 6.45) is 3.20. The first kappa shape index (κ1) is 20.7. The highest BCUT2D eigenvalue weighted by molar-refractivity contribution is 5.94. The van der Waals surface area contributed by atoms with Gasteiger partial charge in [-0.15, -0.1) is 5.10 Å². The number of rotatable bonds is 4. The Morgan fingerprint density at radius 2 is 1.61 bits per heavy atom. The number of pyridine rings is 1. The normalized spacial score (nSPS) is 14.2. The summed E-state index contributed by atoms with van der Waals surface area (Å²) in [7, 11) is 0. The predicted octanol–water partition coefficient (Wildman–Crippen LogP) is 2.69. The summed E-state index contributed by atoms with van der Waals surface area (Å²) in [6.45, 7) is 7.94. The second kappa shape index (κ2) is 8.67. The molecule has 31 heavy (non-hydrogen) atoms. The van der Waals surface area contributed by atoms with E-state index >= 15 is 0 Å². The van der Waals surface area contributed by atoms with Crippen LogP contribution in [0.4, 0.5) is 0 Å². The maximum atomic E-state index is 13.0. The number of aromatic nitrogens is 4. The predicted molar refractivity (Wildman–Crippen MR) is 116 cm³/mol. The molecule has 1 saturated heterocycles. The van der Waals surface area contributed by atoms with Crippen LogP contribution in [0.1, 0.15) is 52.1 Å². The van der Waals surface area contributed by atoms with Crippen LogP contribution in [-0.4, -0.2) is 67.5 Å². The molecule has 2 amide bonds. The monoisotopic (exact) mass is 418 g/mol. The molecule has 1 aliphatic rings. The lowest BCUT2D eigenvalue weighted by Gasteiger charge is -2.34. The quantitative estimate of drug-likeness (QED) is 0.650. The molecule has 0 saturated carbocycles. The first-order valence-corrected chi connectivity index (χ1v) is 10.5. The molecule has 0 N–H and O–H groups in total. The Labute approximate surface area is 181 Å². The summed E-state index contributed by atoms with van der Waals surface area (Å²) >= 11 is 0. The van der Waals surface area contributed by atoms with E-state index < -0.39 is 0 Å². The highest BCUT2D eigenvalue weighted by atomic mass is 16.2. The SMILES string of the molecule is Cc1nc(C(=O)N2CCN(C(=O)c3cccnc3)CC2)nn1-c1ccccc1C(C)C. The molecule has 160 valence electrons. The van der Waals surface area contributed by atoms with Crippen molar-refractivity contribution < 1.29 is 9.59 Å². The molecule has 0 radical (unpaired) electrons. The molecule has 8 nitrogen and oxygen atoms in total. The first-order chi connectivity index (χ1) is 15.0. The van der Waals surface area contributed by atoms with Gasteiger partial charge in [0.2, 0.25) is 5.82 Å². The standard InChI is InChI=1S/C23H26N6O2/c1-16(2)19-8-4-5-9-20(19)29-17(3)25-21(26-29)23(31)28-13-11-27(12-14-28)22(30)18-7-6-10-24-15-18/h4-10,15-16H,11-14H2,1-3H3. The van der Waals surface area contributed by atoms with Crippen LogP contribution in [0.25, 0.3) is 5.69 Å². The van der Waals surface area contributed by atoms with Crippen molar-refractivity contribution in [2.75, 3.05) is 26.2 Å². The molecule has 1 fully saturated rings. The summed E-state index contributed by atoms with van der Waals surface area (Å²) < 4.78 is 1.74. The summed E-state index contributed by atoms with van der Waals surface area (Å²) in [5.41, 5.74) is 2.65. The number of carbonyl (C=O) groups is 2. The van der Waals surface area contributed by atoms with Gasteiger partial charge in [-0.05, 0) is 36.6 Å². The second-order valence-corrected chi connectivity index (χ2v) is 7.93. The van der Waals surface area contributed by atoms with Crippen LogP contribution in [0, 0.1) is 6.92 Å². The van der Waals surface area contributed by atoms with Gasteiger partial charge in [0.05, 0.1) is 11.3 Å². The Balaban J connectivity index is 1.47. The fourth-order valence-electron chi connectivity index (χ4n) is 3.80. The first-order valence-electron chi connectivity index (χ1n) is 10.5. The molecule has 0 aliphatic carbocycles. The zero-order chi connectivity index (χ0) is 22.0. The highest BCUT2D eigenvalue weighted by Gasteiger charge is 2.28. The molecule has 3 heterocycles. The average Bonchev–Trinajstić information content (AvgIpc) is 3.20. The van der Waals surface area contributed by atoms with E-state index in [-0.39, 0.29) is 17.6 Å². The van der Waals surface area contributed by atoms with E-state index in [1.807, 2.05) is 25.1 Å². The topological polar surface area (TPSA) is 84.2 Å². The van der Waals surface area contributed by atoms with E-state index in [0.29, 0.717) is 43.5 Å². The fourth-order valence-corrected chi connectivity index (χ4v) is 3.80. The maximum absolute atomic E-state index is 13.0. The lowest BCUT2D eigenvalue weighted by molar-refractivity contribution is 0.0528. The van der Waals surface area contributed by atoms with E-state index in [2.05, 4.69) is 35.0 Å². The minimum Gasteiger partial charge on any atom is -0.335 e. The summed E-state index contributed by atoms with van der Waals surface area (Å²) in [5.74, 6) is 0.899. The summed E-state index contributed by atoms with van der Waals surface area (Å²) in [4.78, 5) is 37.5. The smallest absolute Gasteiger partial charge is 0.293 e. The number of benzene rings is 1. The van der Waals surface area contributed by atoms with Crippen LogP contribution in [0.5, 0.6) is 0 Å². The number of piperazine rings is 1. The van der Waals surface area contributed by atoms with E-state index in [4.69, 9.17) is 0 Å². The third-order valence-corrected chi connectivity index (χ3v) is 5.51. The minimum absolute atomic E-state index is 0.0660. The molecule has 4 rings (SSSR count). The van der Waals surface area contributed by atoms with Crippen LogP contribution < -0.4 is 0 Å². The van der Waals surface area contributed by atoms with Crippen LogP contribution in [0.2, 0.25) is 0 Å². The Bertz CT molecular complexity index is 1080. The van der Waals surface area contributed by atoms with Gasteiger partial charge in [0.15, 0.2) is 0 Å². The van der Waals surface area contributed by atoms with Gasteiger partial charge in [-0.25, -0.2) is 9.67 Å². The number of amides is 2. The van der Waals surface area contributed by atoms with Crippen molar-refractivity contribution in [2.45, 2.75) is 26.7 Å². The minimum atomic E-state index is -0.211. The Hall–Kier alpha value is -3.55. The lowest BCUT2D eigenvalue weighted by atomic mass is 10.0. The van der Waals surface area contributed by atoms with Crippen molar-refractivity contribution in [1.29, 1.82) is 0 Å². The molecule has 1 aromatic carbocycles. The number of hydrogen-bond donors (Lipinski definition) is 0. The molecular formula is C23H26N6O2. The van der Waals surface area contributed by atoms with Crippen molar-refractivity contribution in [2.24, 2.45) is 0 Å². The van der Waals surface area contributed by atoms with Crippen LogP contribution in [0.3, 0.4) is 0 Å². The van der Waals surface area contributed by atoms with Crippen molar-refractivity contribution in [3.8, 4) is 5.69 Å². The van der Waals surface area contributed by atoms with Gasteiger partial charge in [-0.1, -0.05) is 32.0 Å². The van der Waals surface area contributed by atoms with Crippen molar-refractivity contribution >= 4 is 11.8 Å². The molecule has 0 atom stereocenters. The third kappa shape index (κ3) is 4.19. The number of para-hydroxylation sites is 1. The van der Waals surface area contributed by atoms with E-state index in [0.717, 1.165) is 11.3 Å². The van der Waals surface area contributed by atoms with Crippen LogP contribution >= 0.6 is 0 Å². The van der Waals surface area contributed by atoms with Crippen molar-refractivity contribution in [3.63, 3.8) is 0 Å². The largest absolute Gasteiger partial charge is 0.335 e. The Morgan fingerprint density at radius 3 is 2.26 bits per heavy atom. The van der Waals surface area contributed by atoms with Crippen LogP contribution in [0.15, 0.2) is 48.8 Å². The van der Waals surface area contributed by atoms with E-state index in [1.165, 1.54) is 0 Å². The summed E-state index contributed by atoms with van der Waals surface area (Å²) in [6, 6.07) is 11.5. The lowest BCUT2D eigenvalue weighted by Crippen LogP contribution is -2.50. The average molecular weight is 419 g/mol. The zero-order valence-corrected chi connectivity index (χ0v) is 18.0. The third-order valence-electron chi connectivity index (χ3n) is 5.51. The molecule has 2 aromatic heterocycles. The Morgan fingerprint density at radius 1 is 0.935 bits per heavy atom. The van der Waals surface area contributed by atoms with Gasteiger partial charge in [0.1, 0.15) is 5.82 Å². The van der Waals surface area contributed by atoms with Crippen molar-refractivity contribution in [1.82, 2.24) is 29.5 Å². The van der Waals surface area contributed by atoms with Crippen LogP contribution in [-0.2, 0) is 0 Å². The van der Waals surface area contributed by atoms with Gasteiger partial charge in [0.25, 0.3) is 11.8 Å². The fraction of sp³-hybridized carbons (Fsp3) is 0.348. The van der Waals surface area contributed by atoms with E-state index in [9.17, 15) is 9.59 Å². The molecule has 1 aliphatic heterocycles. The van der Waals surface area contributed by atoms with Gasteiger partial charge in [-0.3, -0.25) is 14.6 Å². The number of nitrogens with zero attached hydrogens (tertiary/aromatic N) is 6. The van der Waals surface area contributed by atoms with Gasteiger partial charge in [0, 0.05) is 38.6 Å². The highest BCUT2D eigenvalue weighted by Crippen LogP contribution is 2.23. The van der Waals surface area contributed by atoms with Gasteiger partial charge in [-0.2, -0.15) is 0 Å². The van der Waals surface area contributed by atoms with Gasteiger partial charge >= 0.3 is 0 Å². The van der Waals surface area contributed by atoms with E-state index in [1.54, 1.807) is 39.0 Å². The Kier molecular flexibility index (Phi) is 5.79. The zero-order valence-electron chi connectivity index (χ0n) is 18.0. The molecule has 3 aromatic rings. The number of carbonyl (C=O) groups excluding carboxylic acids is 2. The maximum Gasteiger partial charge on any atom is 0.293 e. The number of hydrogen-bond acceptors (Lipinski definition) is 5. The molecule has 0 unspecified atom stereocenters. The van der Waals surface area contributed by atoms with Gasteiger partial charge < -0.3 is 9.80 Å². The molecule has 0 spiro atoms. The second-order valence-electron chi connectivity index (χ2n) is 7.93. The molecule has 0 bridgehead atoms. The summed E-state index contributed by atoms with van der Waals surface area (Å²) in [5, 5.41) is 4.53. The molecular weight excluding hydrogens is 392 g/mol. The molecule has 8 heteroatoms. The van der Waals surface area contributed by atoms with Crippen molar-refractivity contribution in [3.05, 3.63) is 71.6 Å².